The lowest BCUT2D eigenvalue weighted by atomic mass is 9.33. The molecule has 0 fully saturated rings. The first-order valence-corrected chi connectivity index (χ1v) is 24.2. The van der Waals surface area contributed by atoms with Gasteiger partial charge in [0, 0.05) is 34.1 Å². The van der Waals surface area contributed by atoms with Crippen molar-refractivity contribution in [2.24, 2.45) is 0 Å². The van der Waals surface area contributed by atoms with Crippen molar-refractivity contribution in [3.05, 3.63) is 210 Å². The van der Waals surface area contributed by atoms with Gasteiger partial charge in [-0.05, 0) is 127 Å². The molecule has 0 bridgehead atoms. The van der Waals surface area contributed by atoms with Crippen LogP contribution >= 0.6 is 0 Å². The van der Waals surface area contributed by atoms with Gasteiger partial charge in [-0.3, -0.25) is 0 Å². The second-order valence-electron chi connectivity index (χ2n) is 19.5. The van der Waals surface area contributed by atoms with Gasteiger partial charge in [0.05, 0.1) is 0 Å². The van der Waals surface area contributed by atoms with Gasteiger partial charge in [0.25, 0.3) is 6.71 Å². The van der Waals surface area contributed by atoms with E-state index in [0.29, 0.717) is 0 Å². The minimum absolute atomic E-state index is 0.00145. The summed E-state index contributed by atoms with van der Waals surface area (Å²) < 4.78 is 0. The summed E-state index contributed by atoms with van der Waals surface area (Å²) in [4.78, 5) is 5.12. The normalized spacial score (nSPS) is 13.4. The van der Waals surface area contributed by atoms with Crippen molar-refractivity contribution in [2.75, 3.05) is 9.80 Å². The third kappa shape index (κ3) is 6.38. The van der Waals surface area contributed by atoms with Gasteiger partial charge in [-0.25, -0.2) is 0 Å². The molecule has 304 valence electrons. The van der Waals surface area contributed by atoms with Crippen LogP contribution in [0.25, 0.3) is 0 Å². The number of rotatable bonds is 6. The van der Waals surface area contributed by atoms with Crippen LogP contribution in [0.2, 0.25) is 0 Å². The second-order valence-corrected chi connectivity index (χ2v) is 23.4. The molecule has 10 rings (SSSR count). The zero-order valence-electron chi connectivity index (χ0n) is 37.4. The molecule has 2 aliphatic rings. The summed E-state index contributed by atoms with van der Waals surface area (Å²) >= 11 is 0. The molecule has 0 N–H and O–H groups in total. The van der Waals surface area contributed by atoms with Gasteiger partial charge in [0.2, 0.25) is 0 Å². The van der Waals surface area contributed by atoms with Crippen LogP contribution < -0.4 is 46.9 Å². The molecule has 0 aromatic heterocycles. The average molecular weight is 819 g/mol. The van der Waals surface area contributed by atoms with Gasteiger partial charge in [-0.15, -0.1) is 0 Å². The fourth-order valence-electron chi connectivity index (χ4n) is 10.4. The molecular weight excluding hydrogens is 764 g/mol. The van der Waals surface area contributed by atoms with E-state index in [1.54, 1.807) is 0 Å². The third-order valence-corrected chi connectivity index (χ3v) is 18.2. The van der Waals surface area contributed by atoms with Gasteiger partial charge in [-0.2, -0.15) is 0 Å². The highest BCUT2D eigenvalue weighted by atomic mass is 28.3. The SMILES string of the molecule is Cc1cc2c3c(c1)N(c1ccc([Si](c4ccccc4)(c4ccccc4)c4ccccc4)cc1C)c1ccccc1B3c1cc(C(C)(C)C)ccc1N2c1ccc(C(C)(C)C)cc1. The predicted molar refractivity (Wildman–Crippen MR) is 271 cm³/mol. The maximum atomic E-state index is 2.58. The Morgan fingerprint density at radius 3 is 1.42 bits per heavy atom. The fraction of sp³-hybridized carbons (Fsp3) is 0.172. The number of benzene rings is 8. The highest BCUT2D eigenvalue weighted by Gasteiger charge is 2.45. The van der Waals surface area contributed by atoms with E-state index in [1.165, 1.54) is 93.5 Å². The molecule has 2 nitrogen and oxygen atoms in total. The zero-order chi connectivity index (χ0) is 43.0. The molecule has 4 heteroatoms. The standard InChI is InChI=1S/C58H55BN2Si/c1-40-36-54-56-55(37-40)61(51-35-33-48(38-41(51)2)62(45-20-12-9-13-21-45,46-22-14-10-15-23-46)47-24-16-11-17-25-47)52-27-19-18-26-49(52)59(56)50-39-43(58(6,7)8)30-34-53(50)60(54)44-31-28-42(29-32-44)57(3,4)5/h9-39H,1-8H3. The van der Waals surface area contributed by atoms with E-state index in [1.807, 2.05) is 0 Å². The summed E-state index contributed by atoms with van der Waals surface area (Å²) in [5.74, 6) is 0. The van der Waals surface area contributed by atoms with Crippen LogP contribution in [0, 0.1) is 13.8 Å². The van der Waals surface area contributed by atoms with Crippen molar-refractivity contribution >= 4 is 86.0 Å². The smallest absolute Gasteiger partial charge is 0.252 e. The van der Waals surface area contributed by atoms with Crippen molar-refractivity contribution in [1.82, 2.24) is 0 Å². The highest BCUT2D eigenvalue weighted by Crippen LogP contribution is 2.45. The molecule has 0 amide bonds. The molecule has 8 aromatic rings. The largest absolute Gasteiger partial charge is 0.311 e. The summed E-state index contributed by atoms with van der Waals surface area (Å²) in [6.07, 6.45) is 0. The van der Waals surface area contributed by atoms with Crippen molar-refractivity contribution < 1.29 is 0 Å². The molecule has 0 unspecified atom stereocenters. The molecule has 0 spiro atoms. The first-order valence-electron chi connectivity index (χ1n) is 22.2. The monoisotopic (exact) mass is 818 g/mol. The Hall–Kier alpha value is -6.36. The van der Waals surface area contributed by atoms with Crippen molar-refractivity contribution in [1.29, 1.82) is 0 Å². The first kappa shape index (κ1) is 39.8. The van der Waals surface area contributed by atoms with Crippen LogP contribution in [-0.2, 0) is 10.8 Å². The summed E-state index contributed by atoms with van der Waals surface area (Å²) in [7, 11) is -2.72. The van der Waals surface area contributed by atoms with Crippen molar-refractivity contribution in [3.8, 4) is 0 Å². The molecular formula is C58H55BN2Si. The van der Waals surface area contributed by atoms with Gasteiger partial charge in [0.1, 0.15) is 0 Å². The van der Waals surface area contributed by atoms with Crippen molar-refractivity contribution in [2.45, 2.75) is 66.2 Å². The van der Waals surface area contributed by atoms with E-state index in [0.717, 1.165) is 0 Å². The Bertz CT molecular complexity index is 2850. The maximum absolute atomic E-state index is 2.72. The summed E-state index contributed by atoms with van der Waals surface area (Å²) in [5.41, 5.74) is 16.7. The minimum atomic E-state index is -2.72. The molecule has 0 aliphatic carbocycles. The molecule has 0 saturated carbocycles. The van der Waals surface area contributed by atoms with Gasteiger partial charge in [0.15, 0.2) is 8.07 Å². The van der Waals surface area contributed by atoms with E-state index >= 15 is 0 Å². The van der Waals surface area contributed by atoms with Crippen LogP contribution in [0.4, 0.5) is 34.1 Å². The Morgan fingerprint density at radius 1 is 0.387 bits per heavy atom. The number of aryl methyl sites for hydroxylation is 2. The Balaban J connectivity index is 1.22. The molecule has 62 heavy (non-hydrogen) atoms. The molecule has 2 heterocycles. The van der Waals surface area contributed by atoms with Crippen molar-refractivity contribution in [3.63, 3.8) is 0 Å². The van der Waals surface area contributed by atoms with E-state index < -0.39 is 8.07 Å². The lowest BCUT2D eigenvalue weighted by molar-refractivity contribution is 0.590. The Labute approximate surface area is 370 Å². The zero-order valence-corrected chi connectivity index (χ0v) is 38.4. The lowest BCUT2D eigenvalue weighted by Gasteiger charge is -2.45. The van der Waals surface area contributed by atoms with Crippen LogP contribution in [0.15, 0.2) is 188 Å². The van der Waals surface area contributed by atoms with E-state index in [9.17, 15) is 0 Å². The third-order valence-electron chi connectivity index (χ3n) is 13.5. The maximum Gasteiger partial charge on any atom is 0.252 e. The number of fused-ring (bicyclic) bond motifs is 4. The summed E-state index contributed by atoms with van der Waals surface area (Å²) in [5, 5.41) is 5.53. The fourth-order valence-corrected chi connectivity index (χ4v) is 15.3. The lowest BCUT2D eigenvalue weighted by Crippen LogP contribution is -2.74. The van der Waals surface area contributed by atoms with Gasteiger partial charge >= 0.3 is 0 Å². The number of anilines is 6. The van der Waals surface area contributed by atoms with Gasteiger partial charge in [-0.1, -0.05) is 187 Å². The molecule has 0 radical (unpaired) electrons. The van der Waals surface area contributed by atoms with E-state index in [2.05, 4.69) is 253 Å². The number of hydrogen-bond acceptors (Lipinski definition) is 2. The Kier molecular flexibility index (Phi) is 9.57. The van der Waals surface area contributed by atoms with Gasteiger partial charge < -0.3 is 9.80 Å². The highest BCUT2D eigenvalue weighted by molar-refractivity contribution is 7.19. The van der Waals surface area contributed by atoms with E-state index in [4.69, 9.17) is 0 Å². The molecule has 0 saturated heterocycles. The number of hydrogen-bond donors (Lipinski definition) is 0. The number of para-hydroxylation sites is 1. The molecule has 8 aromatic carbocycles. The number of nitrogens with zero attached hydrogens (tertiary/aromatic N) is 2. The minimum Gasteiger partial charge on any atom is -0.311 e. The predicted octanol–water partition coefficient (Wildman–Crippen LogP) is 10.4. The summed E-state index contributed by atoms with van der Waals surface area (Å²) in [6.45, 7) is 18.5. The topological polar surface area (TPSA) is 6.48 Å². The molecule has 0 atom stereocenters. The average Bonchev–Trinajstić information content (AvgIpc) is 3.27. The first-order chi connectivity index (χ1) is 29.9. The van der Waals surface area contributed by atoms with Crippen LogP contribution in [0.5, 0.6) is 0 Å². The van der Waals surface area contributed by atoms with Crippen LogP contribution in [0.3, 0.4) is 0 Å². The Morgan fingerprint density at radius 2 is 0.871 bits per heavy atom. The van der Waals surface area contributed by atoms with Crippen LogP contribution in [0.1, 0.15) is 63.8 Å². The quantitative estimate of drug-likeness (QED) is 0.122. The van der Waals surface area contributed by atoms with E-state index in [-0.39, 0.29) is 17.5 Å². The summed E-state index contributed by atoms with van der Waals surface area (Å²) in [6, 6.07) is 71.7. The molecule has 2 aliphatic heterocycles. The second kappa shape index (κ2) is 14.9. The van der Waals surface area contributed by atoms with Crippen LogP contribution in [-0.4, -0.2) is 14.8 Å².